The van der Waals surface area contributed by atoms with Gasteiger partial charge in [-0.15, -0.1) is 0 Å². The molecule has 0 radical (unpaired) electrons. The van der Waals surface area contributed by atoms with Crippen LogP contribution in [0.1, 0.15) is 25.2 Å². The van der Waals surface area contributed by atoms with Crippen LogP contribution in [0.4, 0.5) is 5.69 Å². The van der Waals surface area contributed by atoms with Gasteiger partial charge in [-0.3, -0.25) is 14.5 Å². The standard InChI is InChI=1S/C18H20N2O4/c1-12-6-7-15-14(9-12)20(17(22)18(2,3)24-15)11-16(21)19-10-13-5-4-8-23-13/h4-9H,10-11H2,1-3H3,(H,19,21). The summed E-state index contributed by atoms with van der Waals surface area (Å²) in [6, 6.07) is 9.13. The van der Waals surface area contributed by atoms with E-state index in [-0.39, 0.29) is 24.9 Å². The Morgan fingerprint density at radius 3 is 2.79 bits per heavy atom. The number of rotatable bonds is 4. The number of anilines is 1. The van der Waals surface area contributed by atoms with Gasteiger partial charge in [0.1, 0.15) is 18.1 Å². The van der Waals surface area contributed by atoms with E-state index in [1.165, 1.54) is 4.90 Å². The maximum Gasteiger partial charge on any atom is 0.271 e. The van der Waals surface area contributed by atoms with Gasteiger partial charge in [0, 0.05) is 0 Å². The van der Waals surface area contributed by atoms with E-state index in [1.807, 2.05) is 25.1 Å². The molecule has 0 spiro atoms. The van der Waals surface area contributed by atoms with Crippen molar-refractivity contribution < 1.29 is 18.7 Å². The molecule has 126 valence electrons. The van der Waals surface area contributed by atoms with Crippen LogP contribution in [-0.4, -0.2) is 24.0 Å². The molecule has 3 rings (SSSR count). The van der Waals surface area contributed by atoms with E-state index in [9.17, 15) is 9.59 Å². The van der Waals surface area contributed by atoms with E-state index in [1.54, 1.807) is 32.2 Å². The highest BCUT2D eigenvalue weighted by atomic mass is 16.5. The third kappa shape index (κ3) is 3.13. The molecule has 1 aliphatic heterocycles. The first-order valence-electron chi connectivity index (χ1n) is 7.77. The predicted octanol–water partition coefficient (Wildman–Crippen LogP) is 2.41. The largest absolute Gasteiger partial charge is 0.476 e. The van der Waals surface area contributed by atoms with Crippen molar-refractivity contribution in [1.82, 2.24) is 5.32 Å². The zero-order chi connectivity index (χ0) is 17.3. The molecular weight excluding hydrogens is 308 g/mol. The first kappa shape index (κ1) is 16.1. The van der Waals surface area contributed by atoms with Crippen molar-refractivity contribution >= 4 is 17.5 Å². The molecular formula is C18H20N2O4. The number of hydrogen-bond donors (Lipinski definition) is 1. The minimum atomic E-state index is -1.01. The molecule has 1 aliphatic rings. The summed E-state index contributed by atoms with van der Waals surface area (Å²) < 4.78 is 11.0. The summed E-state index contributed by atoms with van der Waals surface area (Å²) in [5.74, 6) is 0.760. The summed E-state index contributed by atoms with van der Waals surface area (Å²) in [5, 5.41) is 2.76. The summed E-state index contributed by atoms with van der Waals surface area (Å²) in [5.41, 5.74) is 0.599. The molecule has 2 aromatic rings. The van der Waals surface area contributed by atoms with Crippen LogP contribution in [0.5, 0.6) is 5.75 Å². The monoisotopic (exact) mass is 328 g/mol. The highest BCUT2D eigenvalue weighted by molar-refractivity contribution is 6.05. The molecule has 0 bridgehead atoms. The van der Waals surface area contributed by atoms with Gasteiger partial charge in [0.2, 0.25) is 5.91 Å². The number of carbonyl (C=O) groups excluding carboxylic acids is 2. The highest BCUT2D eigenvalue weighted by Gasteiger charge is 2.41. The lowest BCUT2D eigenvalue weighted by Gasteiger charge is -2.38. The van der Waals surface area contributed by atoms with Crippen LogP contribution < -0.4 is 15.0 Å². The average Bonchev–Trinajstić information content (AvgIpc) is 3.04. The van der Waals surface area contributed by atoms with Crippen LogP contribution in [0, 0.1) is 6.92 Å². The quantitative estimate of drug-likeness (QED) is 0.935. The normalized spacial score (nSPS) is 15.6. The molecule has 0 unspecified atom stereocenters. The topological polar surface area (TPSA) is 71.8 Å². The average molecular weight is 328 g/mol. The Morgan fingerprint density at radius 2 is 2.08 bits per heavy atom. The fourth-order valence-corrected chi connectivity index (χ4v) is 2.63. The molecule has 0 saturated carbocycles. The van der Waals surface area contributed by atoms with Crippen molar-refractivity contribution in [3.05, 3.63) is 47.9 Å². The Kier molecular flexibility index (Phi) is 4.05. The Morgan fingerprint density at radius 1 is 1.29 bits per heavy atom. The third-order valence-corrected chi connectivity index (χ3v) is 3.87. The van der Waals surface area contributed by atoms with Crippen molar-refractivity contribution in [3.63, 3.8) is 0 Å². The number of benzene rings is 1. The Bertz CT molecular complexity index is 765. The number of furan rings is 1. The first-order chi connectivity index (χ1) is 11.4. The van der Waals surface area contributed by atoms with Gasteiger partial charge >= 0.3 is 0 Å². The maximum absolute atomic E-state index is 12.7. The van der Waals surface area contributed by atoms with E-state index in [0.717, 1.165) is 5.56 Å². The second-order valence-electron chi connectivity index (χ2n) is 6.33. The highest BCUT2D eigenvalue weighted by Crippen LogP contribution is 2.38. The fourth-order valence-electron chi connectivity index (χ4n) is 2.63. The molecule has 6 heteroatoms. The van der Waals surface area contributed by atoms with Crippen LogP contribution in [0.25, 0.3) is 0 Å². The SMILES string of the molecule is Cc1ccc2c(c1)N(CC(=O)NCc1ccco1)C(=O)C(C)(C)O2. The number of aryl methyl sites for hydroxylation is 1. The van der Waals surface area contributed by atoms with Gasteiger partial charge in [-0.05, 0) is 50.6 Å². The third-order valence-electron chi connectivity index (χ3n) is 3.87. The van der Waals surface area contributed by atoms with Gasteiger partial charge < -0.3 is 14.5 Å². The number of amides is 2. The van der Waals surface area contributed by atoms with E-state index in [4.69, 9.17) is 9.15 Å². The molecule has 0 atom stereocenters. The van der Waals surface area contributed by atoms with E-state index >= 15 is 0 Å². The number of nitrogens with one attached hydrogen (secondary N) is 1. The fraction of sp³-hybridized carbons (Fsp3) is 0.333. The lowest BCUT2D eigenvalue weighted by molar-refractivity contribution is -0.134. The van der Waals surface area contributed by atoms with Crippen molar-refractivity contribution in [2.24, 2.45) is 0 Å². The number of nitrogens with zero attached hydrogens (tertiary/aromatic N) is 1. The minimum Gasteiger partial charge on any atom is -0.476 e. The lowest BCUT2D eigenvalue weighted by atomic mass is 10.0. The number of ether oxygens (including phenoxy) is 1. The smallest absolute Gasteiger partial charge is 0.271 e. The Balaban J connectivity index is 1.79. The second-order valence-corrected chi connectivity index (χ2v) is 6.33. The zero-order valence-electron chi connectivity index (χ0n) is 14.0. The second kappa shape index (κ2) is 6.03. The van der Waals surface area contributed by atoms with Crippen molar-refractivity contribution in [3.8, 4) is 5.75 Å². The summed E-state index contributed by atoms with van der Waals surface area (Å²) >= 11 is 0. The van der Waals surface area contributed by atoms with Crippen molar-refractivity contribution in [2.45, 2.75) is 32.9 Å². The van der Waals surface area contributed by atoms with Crippen LogP contribution in [0.15, 0.2) is 41.0 Å². The molecule has 1 aromatic carbocycles. The van der Waals surface area contributed by atoms with Crippen LogP contribution >= 0.6 is 0 Å². The molecule has 1 N–H and O–H groups in total. The van der Waals surface area contributed by atoms with Gasteiger partial charge in [-0.1, -0.05) is 6.07 Å². The van der Waals surface area contributed by atoms with E-state index in [2.05, 4.69) is 5.32 Å². The van der Waals surface area contributed by atoms with Crippen molar-refractivity contribution in [1.29, 1.82) is 0 Å². The Hall–Kier alpha value is -2.76. The zero-order valence-corrected chi connectivity index (χ0v) is 14.0. The molecule has 0 fully saturated rings. The van der Waals surface area contributed by atoms with Gasteiger partial charge in [-0.2, -0.15) is 0 Å². The summed E-state index contributed by atoms with van der Waals surface area (Å²) in [7, 11) is 0. The molecule has 2 amide bonds. The molecule has 0 aliphatic carbocycles. The summed E-state index contributed by atoms with van der Waals surface area (Å²) in [6.45, 7) is 5.55. The minimum absolute atomic E-state index is 0.0667. The number of carbonyl (C=O) groups is 2. The molecule has 2 heterocycles. The molecule has 6 nitrogen and oxygen atoms in total. The van der Waals surface area contributed by atoms with Gasteiger partial charge in [0.05, 0.1) is 18.5 Å². The van der Waals surface area contributed by atoms with Gasteiger partial charge in [-0.25, -0.2) is 0 Å². The van der Waals surface area contributed by atoms with Gasteiger partial charge in [0.15, 0.2) is 5.60 Å². The maximum atomic E-state index is 12.7. The van der Waals surface area contributed by atoms with Crippen molar-refractivity contribution in [2.75, 3.05) is 11.4 Å². The van der Waals surface area contributed by atoms with E-state index in [0.29, 0.717) is 17.2 Å². The molecule has 0 saturated heterocycles. The van der Waals surface area contributed by atoms with E-state index < -0.39 is 5.60 Å². The van der Waals surface area contributed by atoms with Crippen LogP contribution in [0.2, 0.25) is 0 Å². The lowest BCUT2D eigenvalue weighted by Crippen LogP contribution is -2.54. The molecule has 24 heavy (non-hydrogen) atoms. The van der Waals surface area contributed by atoms with Crippen LogP contribution in [0.3, 0.4) is 0 Å². The summed E-state index contributed by atoms with van der Waals surface area (Å²) in [6.07, 6.45) is 1.55. The van der Waals surface area contributed by atoms with Gasteiger partial charge in [0.25, 0.3) is 5.91 Å². The Labute approximate surface area is 140 Å². The number of fused-ring (bicyclic) bond motifs is 1. The first-order valence-corrected chi connectivity index (χ1v) is 7.77. The van der Waals surface area contributed by atoms with Crippen LogP contribution in [-0.2, 0) is 16.1 Å². The predicted molar refractivity (Wildman–Crippen MR) is 88.8 cm³/mol. The molecule has 1 aromatic heterocycles. The summed E-state index contributed by atoms with van der Waals surface area (Å²) in [4.78, 5) is 26.4. The number of hydrogen-bond acceptors (Lipinski definition) is 4.